The van der Waals surface area contributed by atoms with Crippen molar-refractivity contribution in [3.8, 4) is 22.6 Å². The molecule has 0 amide bonds. The van der Waals surface area contributed by atoms with Crippen molar-refractivity contribution in [1.29, 1.82) is 0 Å². The summed E-state index contributed by atoms with van der Waals surface area (Å²) in [6.45, 7) is 1.14. The maximum Gasteiger partial charge on any atom is 0.141 e. The Labute approximate surface area is 166 Å². The van der Waals surface area contributed by atoms with Gasteiger partial charge in [0, 0.05) is 10.9 Å². The standard InChI is InChI=1S/C24H18F2N2O/c25-18-8-5-16(6-9-18)22-23(17-11-13-29-14-12-17)28-24(27-22)20-10-7-15-3-1-2-4-19(15)21(20)26/h1-11H,12-14H2,(H,27,28). The summed E-state index contributed by atoms with van der Waals surface area (Å²) in [5.74, 6) is -0.165. The van der Waals surface area contributed by atoms with Crippen LogP contribution in [-0.4, -0.2) is 23.2 Å². The zero-order valence-electron chi connectivity index (χ0n) is 15.6. The van der Waals surface area contributed by atoms with Gasteiger partial charge in [-0.05, 0) is 47.7 Å². The molecule has 0 bridgehead atoms. The normalized spacial score (nSPS) is 14.2. The van der Waals surface area contributed by atoms with E-state index in [0.717, 1.165) is 28.6 Å². The average molecular weight is 388 g/mol. The van der Waals surface area contributed by atoms with E-state index in [9.17, 15) is 4.39 Å². The fraction of sp³-hybridized carbons (Fsp3) is 0.125. The van der Waals surface area contributed by atoms with Crippen LogP contribution in [-0.2, 0) is 4.74 Å². The molecule has 3 nitrogen and oxygen atoms in total. The van der Waals surface area contributed by atoms with Crippen LogP contribution in [0.5, 0.6) is 0 Å². The fourth-order valence-corrected chi connectivity index (χ4v) is 3.72. The second-order valence-electron chi connectivity index (χ2n) is 7.02. The number of rotatable bonds is 3. The summed E-state index contributed by atoms with van der Waals surface area (Å²) in [6.07, 6.45) is 2.74. The molecule has 4 aromatic rings. The molecule has 5 rings (SSSR count). The van der Waals surface area contributed by atoms with E-state index in [2.05, 4.69) is 4.98 Å². The quantitative estimate of drug-likeness (QED) is 0.469. The lowest BCUT2D eigenvalue weighted by Crippen LogP contribution is -2.04. The third kappa shape index (κ3) is 3.23. The number of nitrogens with zero attached hydrogens (tertiary/aromatic N) is 1. The molecule has 0 radical (unpaired) electrons. The topological polar surface area (TPSA) is 37.9 Å². The Morgan fingerprint density at radius 3 is 2.55 bits per heavy atom. The van der Waals surface area contributed by atoms with Gasteiger partial charge in [-0.2, -0.15) is 0 Å². The summed E-state index contributed by atoms with van der Waals surface area (Å²) < 4.78 is 34.1. The molecule has 1 aliphatic rings. The molecule has 3 aromatic carbocycles. The Balaban J connectivity index is 1.69. The predicted molar refractivity (Wildman–Crippen MR) is 110 cm³/mol. The van der Waals surface area contributed by atoms with E-state index in [1.54, 1.807) is 24.3 Å². The van der Waals surface area contributed by atoms with Crippen molar-refractivity contribution < 1.29 is 13.5 Å². The minimum absolute atomic E-state index is 0.308. The summed E-state index contributed by atoms with van der Waals surface area (Å²) in [5, 5.41) is 1.39. The highest BCUT2D eigenvalue weighted by atomic mass is 19.1. The van der Waals surface area contributed by atoms with E-state index in [4.69, 9.17) is 9.72 Å². The van der Waals surface area contributed by atoms with Crippen molar-refractivity contribution in [2.24, 2.45) is 0 Å². The number of imidazole rings is 1. The summed E-state index contributed by atoms with van der Waals surface area (Å²) >= 11 is 0. The fourth-order valence-electron chi connectivity index (χ4n) is 3.72. The van der Waals surface area contributed by atoms with Crippen LogP contribution in [0.4, 0.5) is 8.78 Å². The average Bonchev–Trinajstić information content (AvgIpc) is 3.20. The van der Waals surface area contributed by atoms with Crippen molar-refractivity contribution in [2.45, 2.75) is 6.42 Å². The molecule has 2 heterocycles. The van der Waals surface area contributed by atoms with E-state index >= 15 is 4.39 Å². The number of nitrogens with one attached hydrogen (secondary N) is 1. The zero-order chi connectivity index (χ0) is 19.8. The minimum Gasteiger partial charge on any atom is -0.377 e. The molecule has 0 atom stereocenters. The first-order chi connectivity index (χ1) is 14.2. The molecule has 1 aromatic heterocycles. The number of fused-ring (bicyclic) bond motifs is 1. The predicted octanol–water partition coefficient (Wildman–Crippen LogP) is 5.98. The molecule has 0 saturated carbocycles. The maximum absolute atomic E-state index is 15.2. The van der Waals surface area contributed by atoms with Gasteiger partial charge < -0.3 is 9.72 Å². The Kier molecular flexibility index (Phi) is 4.45. The third-order valence-corrected chi connectivity index (χ3v) is 5.22. The first-order valence-corrected chi connectivity index (χ1v) is 9.51. The van der Waals surface area contributed by atoms with Crippen molar-refractivity contribution in [1.82, 2.24) is 9.97 Å². The van der Waals surface area contributed by atoms with Gasteiger partial charge in [0.05, 0.1) is 30.2 Å². The molecular weight excluding hydrogens is 370 g/mol. The number of hydrogen-bond acceptors (Lipinski definition) is 2. The highest BCUT2D eigenvalue weighted by molar-refractivity contribution is 5.88. The van der Waals surface area contributed by atoms with E-state index in [-0.39, 0.29) is 11.6 Å². The number of ether oxygens (including phenoxy) is 1. The third-order valence-electron chi connectivity index (χ3n) is 5.22. The van der Waals surface area contributed by atoms with Crippen LogP contribution in [0.1, 0.15) is 12.1 Å². The van der Waals surface area contributed by atoms with E-state index in [0.29, 0.717) is 35.7 Å². The molecule has 0 saturated heterocycles. The largest absolute Gasteiger partial charge is 0.377 e. The molecule has 5 heteroatoms. The lowest BCUT2D eigenvalue weighted by molar-refractivity contribution is 0.161. The van der Waals surface area contributed by atoms with Crippen LogP contribution < -0.4 is 0 Å². The monoisotopic (exact) mass is 388 g/mol. The highest BCUT2D eigenvalue weighted by Gasteiger charge is 2.20. The number of aromatic nitrogens is 2. The first-order valence-electron chi connectivity index (χ1n) is 9.51. The molecule has 0 spiro atoms. The Hall–Kier alpha value is -3.31. The SMILES string of the molecule is Fc1ccc(-c2nc(-c3ccc4ccccc4c3F)[nH]c2C2=CCOCC2)cc1. The first kappa shape index (κ1) is 17.8. The lowest BCUT2D eigenvalue weighted by Gasteiger charge is -2.13. The van der Waals surface area contributed by atoms with Crippen molar-refractivity contribution in [3.63, 3.8) is 0 Å². The summed E-state index contributed by atoms with van der Waals surface area (Å²) in [4.78, 5) is 8.04. The zero-order valence-corrected chi connectivity index (χ0v) is 15.6. The number of H-pyrrole nitrogens is 1. The van der Waals surface area contributed by atoms with Crippen LogP contribution >= 0.6 is 0 Å². The van der Waals surface area contributed by atoms with Gasteiger partial charge in [-0.1, -0.05) is 36.4 Å². The van der Waals surface area contributed by atoms with Crippen LogP contribution in [0, 0.1) is 11.6 Å². The summed E-state index contributed by atoms with van der Waals surface area (Å²) in [6, 6.07) is 17.2. The number of hydrogen-bond donors (Lipinski definition) is 1. The maximum atomic E-state index is 15.2. The molecule has 1 aliphatic heterocycles. The molecule has 0 aliphatic carbocycles. The van der Waals surface area contributed by atoms with Gasteiger partial charge in [-0.15, -0.1) is 0 Å². The Bertz CT molecular complexity index is 1230. The molecule has 0 unspecified atom stereocenters. The van der Waals surface area contributed by atoms with Crippen LogP contribution in [0.3, 0.4) is 0 Å². The van der Waals surface area contributed by atoms with E-state index in [1.807, 2.05) is 30.3 Å². The van der Waals surface area contributed by atoms with Gasteiger partial charge in [0.25, 0.3) is 0 Å². The van der Waals surface area contributed by atoms with Crippen molar-refractivity contribution >= 4 is 16.3 Å². The Morgan fingerprint density at radius 1 is 0.931 bits per heavy atom. The number of aromatic amines is 1. The number of benzene rings is 3. The molecule has 1 N–H and O–H groups in total. The van der Waals surface area contributed by atoms with Crippen LogP contribution in [0.15, 0.2) is 66.7 Å². The van der Waals surface area contributed by atoms with Crippen molar-refractivity contribution in [2.75, 3.05) is 13.2 Å². The Morgan fingerprint density at radius 2 is 1.76 bits per heavy atom. The molecule has 144 valence electrons. The van der Waals surface area contributed by atoms with Gasteiger partial charge in [0.15, 0.2) is 0 Å². The van der Waals surface area contributed by atoms with Gasteiger partial charge >= 0.3 is 0 Å². The molecular formula is C24H18F2N2O. The van der Waals surface area contributed by atoms with Gasteiger partial charge in [-0.3, -0.25) is 0 Å². The second-order valence-corrected chi connectivity index (χ2v) is 7.02. The number of halogens is 2. The van der Waals surface area contributed by atoms with Crippen LogP contribution in [0.2, 0.25) is 0 Å². The smallest absolute Gasteiger partial charge is 0.141 e. The highest BCUT2D eigenvalue weighted by Crippen LogP contribution is 2.35. The minimum atomic E-state index is -0.310. The van der Waals surface area contributed by atoms with E-state index in [1.165, 1.54) is 12.1 Å². The lowest BCUT2D eigenvalue weighted by atomic mass is 10.0. The summed E-state index contributed by atoms with van der Waals surface area (Å²) in [5.41, 5.74) is 3.75. The molecule has 0 fully saturated rings. The van der Waals surface area contributed by atoms with Crippen molar-refractivity contribution in [3.05, 3.63) is 84.1 Å². The van der Waals surface area contributed by atoms with Gasteiger partial charge in [0.1, 0.15) is 17.5 Å². The van der Waals surface area contributed by atoms with Gasteiger partial charge in [-0.25, -0.2) is 13.8 Å². The van der Waals surface area contributed by atoms with Gasteiger partial charge in [0.2, 0.25) is 0 Å². The second kappa shape index (κ2) is 7.26. The van der Waals surface area contributed by atoms with E-state index < -0.39 is 0 Å². The van der Waals surface area contributed by atoms with Crippen LogP contribution in [0.25, 0.3) is 39.0 Å². The molecule has 29 heavy (non-hydrogen) atoms. The summed E-state index contributed by atoms with van der Waals surface area (Å²) in [7, 11) is 0.